The van der Waals surface area contributed by atoms with Crippen LogP contribution < -0.4 is 4.90 Å². The molecule has 7 heteroatoms. The van der Waals surface area contributed by atoms with E-state index >= 15 is 0 Å². The molecule has 0 fully saturated rings. The van der Waals surface area contributed by atoms with Gasteiger partial charge in [-0.3, -0.25) is 9.69 Å². The number of hydrogen-bond acceptors (Lipinski definition) is 4. The number of carbonyl (C=O) groups is 1. The summed E-state index contributed by atoms with van der Waals surface area (Å²) in [6, 6.07) is 12.6. The summed E-state index contributed by atoms with van der Waals surface area (Å²) in [6.07, 6.45) is 0. The summed E-state index contributed by atoms with van der Waals surface area (Å²) in [5, 5.41) is 1.42. The summed E-state index contributed by atoms with van der Waals surface area (Å²) >= 11 is 13.6. The monoisotopic (exact) mass is 380 g/mol. The van der Waals surface area contributed by atoms with E-state index in [1.165, 1.54) is 11.3 Å². The number of para-hydroxylation sites is 1. The number of fused-ring (bicyclic) bond motifs is 1. The average Bonchev–Trinajstić information content (AvgIpc) is 2.98. The minimum atomic E-state index is -0.229. The van der Waals surface area contributed by atoms with E-state index in [2.05, 4.69) is 4.98 Å². The van der Waals surface area contributed by atoms with Gasteiger partial charge in [0.05, 0.1) is 34.0 Å². The maximum absolute atomic E-state index is 13.0. The number of carbonyl (C=O) groups excluding carboxylic acids is 1. The summed E-state index contributed by atoms with van der Waals surface area (Å²) in [7, 11) is 1.59. The molecule has 0 saturated carbocycles. The Hall–Kier alpha value is -1.66. The lowest BCUT2D eigenvalue weighted by molar-refractivity contribution is 0.0976. The number of methoxy groups -OCH3 is 1. The number of halogens is 2. The summed E-state index contributed by atoms with van der Waals surface area (Å²) in [5.74, 6) is -0.229. The number of thiazole rings is 1. The van der Waals surface area contributed by atoms with Crippen LogP contribution in [-0.4, -0.2) is 31.2 Å². The molecule has 124 valence electrons. The second-order valence-electron chi connectivity index (χ2n) is 5.04. The predicted molar refractivity (Wildman–Crippen MR) is 99.6 cm³/mol. The fraction of sp³-hybridized carbons (Fsp3) is 0.176. The van der Waals surface area contributed by atoms with Gasteiger partial charge in [-0.25, -0.2) is 4.98 Å². The van der Waals surface area contributed by atoms with Crippen molar-refractivity contribution in [3.8, 4) is 0 Å². The number of hydrogen-bond donors (Lipinski definition) is 0. The molecule has 0 radical (unpaired) electrons. The van der Waals surface area contributed by atoms with Crippen LogP contribution in [-0.2, 0) is 4.74 Å². The molecule has 0 saturated heterocycles. The van der Waals surface area contributed by atoms with Crippen molar-refractivity contribution >= 4 is 55.8 Å². The van der Waals surface area contributed by atoms with Gasteiger partial charge in [0, 0.05) is 12.1 Å². The summed E-state index contributed by atoms with van der Waals surface area (Å²) in [5.41, 5.74) is 1.24. The third-order valence-corrected chi connectivity index (χ3v) is 5.05. The molecule has 1 amide bonds. The molecule has 0 aliphatic rings. The highest BCUT2D eigenvalue weighted by atomic mass is 35.5. The molecule has 1 aromatic heterocycles. The van der Waals surface area contributed by atoms with Crippen LogP contribution in [0.3, 0.4) is 0 Å². The van der Waals surface area contributed by atoms with Crippen molar-refractivity contribution in [1.82, 2.24) is 4.98 Å². The number of rotatable bonds is 5. The normalized spacial score (nSPS) is 11.0. The molecule has 1 heterocycles. The fourth-order valence-electron chi connectivity index (χ4n) is 2.25. The number of ether oxygens (including phenoxy) is 1. The van der Waals surface area contributed by atoms with E-state index < -0.39 is 0 Å². The molecule has 4 nitrogen and oxygen atoms in total. The van der Waals surface area contributed by atoms with Gasteiger partial charge in [0.15, 0.2) is 5.13 Å². The van der Waals surface area contributed by atoms with Gasteiger partial charge < -0.3 is 4.74 Å². The molecule has 2 aromatic carbocycles. The van der Waals surface area contributed by atoms with E-state index in [-0.39, 0.29) is 5.91 Å². The first-order valence-electron chi connectivity index (χ1n) is 7.21. The van der Waals surface area contributed by atoms with Crippen molar-refractivity contribution in [2.45, 2.75) is 0 Å². The van der Waals surface area contributed by atoms with E-state index in [0.717, 1.165) is 10.2 Å². The van der Waals surface area contributed by atoms with E-state index in [1.54, 1.807) is 30.2 Å². The minimum Gasteiger partial charge on any atom is -0.383 e. The first-order chi connectivity index (χ1) is 11.6. The Morgan fingerprint density at radius 1 is 1.25 bits per heavy atom. The van der Waals surface area contributed by atoms with Crippen LogP contribution in [0.15, 0.2) is 42.5 Å². The van der Waals surface area contributed by atoms with Crippen LogP contribution in [0.5, 0.6) is 0 Å². The van der Waals surface area contributed by atoms with E-state index in [1.807, 2.05) is 24.3 Å². The van der Waals surface area contributed by atoms with Crippen LogP contribution in [0.4, 0.5) is 5.13 Å². The van der Waals surface area contributed by atoms with E-state index in [4.69, 9.17) is 27.9 Å². The molecular formula is C17H14Cl2N2O2S. The predicted octanol–water partition coefficient (Wildman–Crippen LogP) is 4.90. The number of anilines is 1. The quantitative estimate of drug-likeness (QED) is 0.632. The zero-order chi connectivity index (χ0) is 17.1. The molecule has 0 unspecified atom stereocenters. The Balaban J connectivity index is 2.00. The highest BCUT2D eigenvalue weighted by Gasteiger charge is 2.23. The van der Waals surface area contributed by atoms with E-state index in [9.17, 15) is 4.79 Å². The van der Waals surface area contributed by atoms with Gasteiger partial charge in [-0.15, -0.1) is 0 Å². The summed E-state index contributed by atoms with van der Waals surface area (Å²) < 4.78 is 6.15. The zero-order valence-corrected chi connectivity index (χ0v) is 15.2. The Labute approximate surface area is 153 Å². The SMILES string of the molecule is COCCN(C(=O)c1ccc(Cl)cc1Cl)c1nc2ccccc2s1. The largest absolute Gasteiger partial charge is 0.383 e. The second kappa shape index (κ2) is 7.49. The lowest BCUT2D eigenvalue weighted by Crippen LogP contribution is -2.34. The molecule has 3 aromatic rings. The molecule has 0 spiro atoms. The standard InChI is InChI=1S/C17H14Cl2N2O2S/c1-23-9-8-21(16(22)12-7-6-11(18)10-13(12)19)17-20-14-4-2-3-5-15(14)24-17/h2-7,10H,8-9H2,1H3. The first kappa shape index (κ1) is 17.2. The summed E-state index contributed by atoms with van der Waals surface area (Å²) in [4.78, 5) is 19.1. The molecule has 0 aliphatic carbocycles. The number of benzene rings is 2. The zero-order valence-electron chi connectivity index (χ0n) is 12.8. The van der Waals surface area contributed by atoms with Crippen molar-refractivity contribution in [2.24, 2.45) is 0 Å². The van der Waals surface area contributed by atoms with E-state index in [0.29, 0.717) is 33.9 Å². The second-order valence-corrected chi connectivity index (χ2v) is 6.89. The van der Waals surface area contributed by atoms with Gasteiger partial charge in [-0.05, 0) is 30.3 Å². The molecule has 0 aliphatic heterocycles. The Bertz CT molecular complexity index is 849. The average molecular weight is 381 g/mol. The van der Waals surface area contributed by atoms with Crippen LogP contribution in [0, 0.1) is 0 Å². The van der Waals surface area contributed by atoms with Gasteiger partial charge in [0.2, 0.25) is 0 Å². The lowest BCUT2D eigenvalue weighted by Gasteiger charge is -2.20. The molecular weight excluding hydrogens is 367 g/mol. The van der Waals surface area contributed by atoms with Crippen LogP contribution in [0.1, 0.15) is 10.4 Å². The number of amides is 1. The minimum absolute atomic E-state index is 0.229. The number of nitrogens with zero attached hydrogens (tertiary/aromatic N) is 2. The highest BCUT2D eigenvalue weighted by Crippen LogP contribution is 2.31. The van der Waals surface area contributed by atoms with Crippen molar-refractivity contribution in [3.63, 3.8) is 0 Å². The Morgan fingerprint density at radius 2 is 2.04 bits per heavy atom. The van der Waals surface area contributed by atoms with Gasteiger partial charge in [0.25, 0.3) is 5.91 Å². The Kier molecular flexibility index (Phi) is 5.36. The van der Waals surface area contributed by atoms with Crippen LogP contribution >= 0.6 is 34.5 Å². The maximum Gasteiger partial charge on any atom is 0.261 e. The topological polar surface area (TPSA) is 42.4 Å². The van der Waals surface area contributed by atoms with Crippen LogP contribution in [0.25, 0.3) is 10.2 Å². The van der Waals surface area contributed by atoms with Crippen molar-refractivity contribution in [2.75, 3.05) is 25.2 Å². The van der Waals surface area contributed by atoms with Crippen molar-refractivity contribution in [3.05, 3.63) is 58.1 Å². The third kappa shape index (κ3) is 3.54. The van der Waals surface area contributed by atoms with Crippen molar-refractivity contribution < 1.29 is 9.53 Å². The van der Waals surface area contributed by atoms with Crippen LogP contribution in [0.2, 0.25) is 10.0 Å². The third-order valence-electron chi connectivity index (χ3n) is 3.44. The molecule has 3 rings (SSSR count). The molecule has 0 bridgehead atoms. The van der Waals surface area contributed by atoms with Gasteiger partial charge in [-0.1, -0.05) is 46.7 Å². The summed E-state index contributed by atoms with van der Waals surface area (Å²) in [6.45, 7) is 0.779. The van der Waals surface area contributed by atoms with Gasteiger partial charge >= 0.3 is 0 Å². The fourth-order valence-corrected chi connectivity index (χ4v) is 3.73. The first-order valence-corrected chi connectivity index (χ1v) is 8.79. The Morgan fingerprint density at radius 3 is 2.75 bits per heavy atom. The van der Waals surface area contributed by atoms with Gasteiger partial charge in [-0.2, -0.15) is 0 Å². The lowest BCUT2D eigenvalue weighted by atomic mass is 10.2. The van der Waals surface area contributed by atoms with Crippen molar-refractivity contribution in [1.29, 1.82) is 0 Å². The van der Waals surface area contributed by atoms with Gasteiger partial charge in [0.1, 0.15) is 0 Å². The highest BCUT2D eigenvalue weighted by molar-refractivity contribution is 7.22. The number of aromatic nitrogens is 1. The smallest absolute Gasteiger partial charge is 0.261 e. The maximum atomic E-state index is 13.0. The molecule has 0 N–H and O–H groups in total. The molecule has 0 atom stereocenters. The molecule has 24 heavy (non-hydrogen) atoms.